The van der Waals surface area contributed by atoms with Crippen molar-refractivity contribution in [3.8, 4) is 0 Å². The van der Waals surface area contributed by atoms with Gasteiger partial charge in [-0.25, -0.2) is 0 Å². The van der Waals surface area contributed by atoms with Crippen LogP contribution >= 0.6 is 0 Å². The summed E-state index contributed by atoms with van der Waals surface area (Å²) >= 11 is 0. The monoisotopic (exact) mass is 597 g/mol. The van der Waals surface area contributed by atoms with Crippen LogP contribution in [0.3, 0.4) is 0 Å². The van der Waals surface area contributed by atoms with Gasteiger partial charge in [-0.3, -0.25) is 14.6 Å². The number of carbonyl (C=O) groups excluding carboxylic acids is 2. The van der Waals surface area contributed by atoms with Crippen molar-refractivity contribution in [2.24, 2.45) is 5.92 Å². The van der Waals surface area contributed by atoms with Crippen LogP contribution in [-0.4, -0.2) is 16.6 Å². The molecule has 1 aromatic heterocycles. The zero-order valence-electron chi connectivity index (χ0n) is 28.8. The molecule has 0 fully saturated rings. The number of rotatable bonds is 33. The molecular weight excluding hydrogens is 526 g/mol. The minimum absolute atomic E-state index is 0.173. The SMILES string of the molecule is CCCCCCCCCCCCCCCC(=O)C(CCc1[c]ccnc1)C(=O)CCCCCCCCCCCCCCC. The average molecular weight is 597 g/mol. The molecule has 0 aliphatic rings. The highest BCUT2D eigenvalue weighted by Crippen LogP contribution is 2.20. The second kappa shape index (κ2) is 30.5. The van der Waals surface area contributed by atoms with E-state index in [1.807, 2.05) is 12.3 Å². The Kier molecular flexibility index (Phi) is 28.0. The van der Waals surface area contributed by atoms with E-state index < -0.39 is 5.92 Å². The summed E-state index contributed by atoms with van der Waals surface area (Å²) in [4.78, 5) is 30.6. The Morgan fingerprint density at radius 3 is 1.23 bits per heavy atom. The highest BCUT2D eigenvalue weighted by atomic mass is 16.1. The summed E-state index contributed by atoms with van der Waals surface area (Å²) in [5, 5.41) is 0. The van der Waals surface area contributed by atoms with Crippen molar-refractivity contribution in [1.29, 1.82) is 0 Å². The van der Waals surface area contributed by atoms with Crippen LogP contribution < -0.4 is 0 Å². The van der Waals surface area contributed by atoms with Crippen molar-refractivity contribution in [2.75, 3.05) is 0 Å². The smallest absolute Gasteiger partial charge is 0.143 e. The standard InChI is InChI=1S/C40H70NO2/c1-3-5-7-9-11-13-15-17-19-21-23-25-27-31-39(42)38(34-33-37-30-29-35-41-36-37)40(43)32-28-26-24-22-20-18-16-14-12-10-8-6-4-2/h29,35-36,38H,3-28,31-34H2,1-2H3. The maximum absolute atomic E-state index is 13.2. The molecule has 1 aromatic rings. The number of Topliss-reactive ketones (excluding diaryl/α,β-unsaturated/α-hetero) is 2. The molecule has 0 aromatic carbocycles. The molecule has 0 N–H and O–H groups in total. The van der Waals surface area contributed by atoms with Crippen LogP contribution in [0.15, 0.2) is 18.5 Å². The van der Waals surface area contributed by atoms with Crippen LogP contribution in [0.5, 0.6) is 0 Å². The zero-order valence-corrected chi connectivity index (χ0v) is 28.8. The van der Waals surface area contributed by atoms with Crippen LogP contribution in [-0.2, 0) is 16.0 Å². The van der Waals surface area contributed by atoms with Gasteiger partial charge >= 0.3 is 0 Å². The third-order valence-electron chi connectivity index (χ3n) is 9.19. The summed E-state index contributed by atoms with van der Waals surface area (Å²) in [6.07, 6.45) is 39.8. The van der Waals surface area contributed by atoms with E-state index in [1.165, 1.54) is 141 Å². The quantitative estimate of drug-likeness (QED) is 0.0599. The topological polar surface area (TPSA) is 47.0 Å². The fraction of sp³-hybridized carbons (Fsp3) is 0.825. The first kappa shape index (κ1) is 39.5. The molecule has 1 rings (SSSR count). The fourth-order valence-corrected chi connectivity index (χ4v) is 6.28. The zero-order chi connectivity index (χ0) is 31.1. The van der Waals surface area contributed by atoms with Gasteiger partial charge in [0.2, 0.25) is 0 Å². The van der Waals surface area contributed by atoms with Gasteiger partial charge in [-0.2, -0.15) is 0 Å². The number of hydrogen-bond donors (Lipinski definition) is 0. The van der Waals surface area contributed by atoms with Crippen molar-refractivity contribution < 1.29 is 9.59 Å². The van der Waals surface area contributed by atoms with E-state index in [4.69, 9.17) is 0 Å². The second-order valence-electron chi connectivity index (χ2n) is 13.3. The van der Waals surface area contributed by atoms with Gasteiger partial charge in [-0.1, -0.05) is 168 Å². The molecule has 0 saturated carbocycles. The Labute approximate surface area is 268 Å². The fourth-order valence-electron chi connectivity index (χ4n) is 6.28. The summed E-state index contributed by atoms with van der Waals surface area (Å²) in [5.74, 6) is -0.0958. The highest BCUT2D eigenvalue weighted by molar-refractivity contribution is 6.02. The highest BCUT2D eigenvalue weighted by Gasteiger charge is 2.25. The van der Waals surface area contributed by atoms with Gasteiger partial charge in [0.05, 0.1) is 5.92 Å². The van der Waals surface area contributed by atoms with Crippen LogP contribution in [0.4, 0.5) is 0 Å². The van der Waals surface area contributed by atoms with E-state index in [2.05, 4.69) is 24.9 Å². The number of pyridine rings is 1. The van der Waals surface area contributed by atoms with E-state index in [0.717, 1.165) is 31.2 Å². The molecule has 0 spiro atoms. The minimum Gasteiger partial charge on any atom is -0.299 e. The molecule has 0 aliphatic carbocycles. The number of unbranched alkanes of at least 4 members (excludes halogenated alkanes) is 24. The number of aryl methyl sites for hydroxylation is 1. The first-order valence-corrected chi connectivity index (χ1v) is 19.0. The van der Waals surface area contributed by atoms with Crippen LogP contribution in [0.1, 0.15) is 206 Å². The van der Waals surface area contributed by atoms with Crippen molar-refractivity contribution in [3.05, 3.63) is 30.1 Å². The normalized spacial score (nSPS) is 11.4. The molecule has 1 heterocycles. The Bertz CT molecular complexity index is 704. The Balaban J connectivity index is 2.21. The maximum atomic E-state index is 13.2. The van der Waals surface area contributed by atoms with E-state index in [0.29, 0.717) is 25.7 Å². The molecule has 0 bridgehead atoms. The predicted octanol–water partition coefficient (Wildman–Crippen LogP) is 12.5. The molecule has 1 radical (unpaired) electrons. The first-order chi connectivity index (χ1) is 21.2. The Hall–Kier alpha value is -1.51. The third kappa shape index (κ3) is 24.5. The minimum atomic E-state index is -0.441. The largest absolute Gasteiger partial charge is 0.299 e. The van der Waals surface area contributed by atoms with E-state index >= 15 is 0 Å². The summed E-state index contributed by atoms with van der Waals surface area (Å²) in [6.45, 7) is 4.55. The molecule has 0 atom stereocenters. The van der Waals surface area contributed by atoms with E-state index in [1.54, 1.807) is 6.20 Å². The predicted molar refractivity (Wildman–Crippen MR) is 186 cm³/mol. The lowest BCUT2D eigenvalue weighted by Crippen LogP contribution is -2.25. The Morgan fingerprint density at radius 1 is 0.558 bits per heavy atom. The van der Waals surface area contributed by atoms with Crippen molar-refractivity contribution in [2.45, 2.75) is 206 Å². The molecule has 0 aliphatic heterocycles. The van der Waals surface area contributed by atoms with Crippen molar-refractivity contribution in [3.63, 3.8) is 0 Å². The summed E-state index contributed by atoms with van der Waals surface area (Å²) in [7, 11) is 0. The van der Waals surface area contributed by atoms with Gasteiger partial charge in [-0.15, -0.1) is 0 Å². The van der Waals surface area contributed by atoms with Gasteiger partial charge in [0.15, 0.2) is 0 Å². The van der Waals surface area contributed by atoms with E-state index in [-0.39, 0.29) is 11.6 Å². The van der Waals surface area contributed by atoms with Gasteiger partial charge in [0, 0.05) is 25.2 Å². The molecule has 0 amide bonds. The number of hydrogen-bond acceptors (Lipinski definition) is 3. The van der Waals surface area contributed by atoms with Gasteiger partial charge < -0.3 is 0 Å². The lowest BCUT2D eigenvalue weighted by molar-refractivity contribution is -0.133. The van der Waals surface area contributed by atoms with Crippen LogP contribution in [0.2, 0.25) is 0 Å². The Morgan fingerprint density at radius 2 is 0.907 bits per heavy atom. The molecule has 247 valence electrons. The molecule has 0 unspecified atom stereocenters. The van der Waals surface area contributed by atoms with Gasteiger partial charge in [0.25, 0.3) is 0 Å². The lowest BCUT2D eigenvalue weighted by Gasteiger charge is -2.15. The van der Waals surface area contributed by atoms with Gasteiger partial charge in [-0.05, 0) is 43.4 Å². The first-order valence-electron chi connectivity index (χ1n) is 19.0. The van der Waals surface area contributed by atoms with E-state index in [9.17, 15) is 9.59 Å². The molecule has 0 saturated heterocycles. The molecule has 3 heteroatoms. The number of carbonyl (C=O) groups is 2. The summed E-state index contributed by atoms with van der Waals surface area (Å²) in [6, 6.07) is 5.02. The van der Waals surface area contributed by atoms with Crippen LogP contribution in [0, 0.1) is 12.0 Å². The van der Waals surface area contributed by atoms with Gasteiger partial charge in [0.1, 0.15) is 11.6 Å². The van der Waals surface area contributed by atoms with Crippen LogP contribution in [0.25, 0.3) is 0 Å². The number of nitrogens with zero attached hydrogens (tertiary/aromatic N) is 1. The van der Waals surface area contributed by atoms with Crippen molar-refractivity contribution in [1.82, 2.24) is 4.98 Å². The maximum Gasteiger partial charge on any atom is 0.143 e. The lowest BCUT2D eigenvalue weighted by atomic mass is 9.87. The molecule has 43 heavy (non-hydrogen) atoms. The molecular formula is C40H70NO2. The average Bonchev–Trinajstić information content (AvgIpc) is 3.02. The summed E-state index contributed by atoms with van der Waals surface area (Å²) < 4.78 is 0. The number of aromatic nitrogens is 1. The molecule has 3 nitrogen and oxygen atoms in total. The number of ketones is 2. The van der Waals surface area contributed by atoms with Crippen molar-refractivity contribution >= 4 is 11.6 Å². The third-order valence-corrected chi connectivity index (χ3v) is 9.19. The second-order valence-corrected chi connectivity index (χ2v) is 13.3. The summed E-state index contributed by atoms with van der Waals surface area (Å²) in [5.41, 5.74) is 0.995.